The van der Waals surface area contributed by atoms with Crippen molar-refractivity contribution in [2.24, 2.45) is 23.7 Å². The van der Waals surface area contributed by atoms with Gasteiger partial charge in [-0.05, 0) is 263 Å². The molecular formula is C103H122Br3ClN10O25S5. The van der Waals surface area contributed by atoms with Crippen molar-refractivity contribution in [1.82, 2.24) is 24.5 Å². The van der Waals surface area contributed by atoms with Crippen LogP contribution in [0, 0.1) is 37.5 Å². The second kappa shape index (κ2) is 51.3. The van der Waals surface area contributed by atoms with Crippen LogP contribution in [0.3, 0.4) is 0 Å². The molecule has 0 radical (unpaired) electrons. The highest BCUT2D eigenvalue weighted by molar-refractivity contribution is 9.11. The van der Waals surface area contributed by atoms with Gasteiger partial charge in [0.05, 0.1) is 44.5 Å². The molecule has 147 heavy (non-hydrogen) atoms. The third-order valence-electron chi connectivity index (χ3n) is 23.0. The van der Waals surface area contributed by atoms with Gasteiger partial charge >= 0.3 is 80.7 Å². The number of carbonyl (C=O) groups excluding carboxylic acids is 5. The topological polar surface area (TPSA) is 381 Å². The maximum atomic E-state index is 12.8. The molecule has 5 saturated heterocycles. The number of methoxy groups -OCH3 is 5. The summed E-state index contributed by atoms with van der Waals surface area (Å²) in [5, 5.41) is 0.402. The van der Waals surface area contributed by atoms with E-state index in [9.17, 15) is 66.1 Å². The molecule has 0 atom stereocenters. The maximum Gasteiger partial charge on any atom is 0.339 e. The first-order valence-corrected chi connectivity index (χ1v) is 56.9. The van der Waals surface area contributed by atoms with Crippen molar-refractivity contribution in [2.45, 2.75) is 120 Å². The minimum Gasteiger partial charge on any atom is -0.497 e. The fraction of sp³-hybridized carbons (Fsp3) is 0.369. The van der Waals surface area contributed by atoms with Crippen LogP contribution in [-0.2, 0) is 50.6 Å². The Balaban J connectivity index is 0.000000175. The Morgan fingerprint density at radius 3 is 0.864 bits per heavy atom. The van der Waals surface area contributed by atoms with Crippen LogP contribution < -0.4 is 69.1 Å². The first-order valence-electron chi connectivity index (χ1n) is 47.1. The smallest absolute Gasteiger partial charge is 0.339 e. The summed E-state index contributed by atoms with van der Waals surface area (Å²) in [5.74, 6) is 4.18. The summed E-state index contributed by atoms with van der Waals surface area (Å²) in [4.78, 5) is 80.2. The summed E-state index contributed by atoms with van der Waals surface area (Å²) in [6.07, 6.45) is 3.21. The van der Waals surface area contributed by atoms with Crippen LogP contribution in [0.25, 0.3) is 0 Å². The summed E-state index contributed by atoms with van der Waals surface area (Å²) >= 11 is 15.9. The molecule has 5 heterocycles. The van der Waals surface area contributed by atoms with Gasteiger partial charge in [0, 0.05) is 160 Å². The van der Waals surface area contributed by atoms with E-state index in [1.807, 2.05) is 22.8 Å². The average Bonchev–Trinajstić information content (AvgIpc) is 1.63. The zero-order valence-electron chi connectivity index (χ0n) is 84.4. The normalized spacial score (nSPS) is 14.5. The average molecular weight is 2340 g/mol. The van der Waals surface area contributed by atoms with Gasteiger partial charge in [-0.15, -0.1) is 0 Å². The number of hydrogen-bond acceptors (Lipinski definition) is 25. The molecule has 15 rings (SSSR count). The van der Waals surface area contributed by atoms with E-state index in [1.54, 1.807) is 149 Å². The van der Waals surface area contributed by atoms with Crippen molar-refractivity contribution in [2.75, 3.05) is 158 Å². The molecule has 10 aromatic rings. The van der Waals surface area contributed by atoms with Crippen molar-refractivity contribution >= 4 is 169 Å². The first kappa shape index (κ1) is 115. The first-order chi connectivity index (χ1) is 69.6. The molecule has 5 aliphatic heterocycles. The minimum atomic E-state index is -4.13. The summed E-state index contributed by atoms with van der Waals surface area (Å²) in [6, 6.07) is 52.5. The van der Waals surface area contributed by atoms with E-state index >= 15 is 0 Å². The number of carbonyl (C=O) groups is 5. The fourth-order valence-corrected chi connectivity index (χ4v) is 23.1. The third kappa shape index (κ3) is 30.9. The highest BCUT2D eigenvalue weighted by Crippen LogP contribution is 2.43. The van der Waals surface area contributed by atoms with Crippen molar-refractivity contribution in [1.29, 1.82) is 0 Å². The van der Waals surface area contributed by atoms with Gasteiger partial charge < -0.3 is 69.1 Å². The van der Waals surface area contributed by atoms with Gasteiger partial charge in [0.15, 0.2) is 17.2 Å². The standard InChI is InChI=1S/C22H28N2O7S.C21H26N2O5S.C20H22Br2N2O5S.C20H23BrN2O4S.C20H23ClN2O4S/c1-15(2)14-23-10-11-24(22(23)25)16-6-8-18(9-7-16)32(26,27)31-17-12-19(28-3)21(30-5)20(13-17)29-4;1-3-4-5-13-22-14-15-23(21(22)24)17-9-11-20(12-10-17)29(25,26)28-19-8-6-7-18(16-19)27-2;1-13(2)12-23-8-9-24(20(23)25)14-4-6-16(7-5-14)30(26,27)29-15-10-17(21)19(28-3)18(22)11-15;2*1-14(2)13-22-8-9-23(20(22)24)17-4-6-19(7-5-17)28(25,26)27-18-11-15(3)10-16(21)12-18/h6-9,12-13,15H,10-11,14H2,1-5H3;6-12,16H,3-5,13-15H2,1-2H3;4-7,10-11,13H,8-9,12H2,1-3H3;2*4-7,10-12,14H,8-9,13H2,1-3H3. The lowest BCUT2D eigenvalue weighted by Crippen LogP contribution is -2.34. The van der Waals surface area contributed by atoms with Crippen LogP contribution in [0.5, 0.6) is 57.5 Å². The van der Waals surface area contributed by atoms with E-state index in [4.69, 9.17) is 56.2 Å². The SMILES string of the molecule is CCCCCN1CCN(c2ccc(S(=O)(=O)Oc3cccc(OC)c3)cc2)C1=O.COc1c(Br)cc(OS(=O)(=O)c2ccc(N3CCN(CC(C)C)C3=O)cc2)cc1Br.COc1cc(OS(=O)(=O)c2ccc(N3CCN(CC(C)C)C3=O)cc2)cc(OC)c1OC.Cc1cc(Br)cc(OS(=O)(=O)c2ccc(N3CCN(CC(C)C)C3=O)cc2)c1.Cc1cc(Cl)cc(OS(=O)(=O)c2ccc(N3CCN(CC(C)C)C3=O)cc2)c1. The molecule has 10 amide bonds. The van der Waals surface area contributed by atoms with Gasteiger partial charge in [0.25, 0.3) is 0 Å². The molecule has 792 valence electrons. The lowest BCUT2D eigenvalue weighted by atomic mass is 10.2. The highest BCUT2D eigenvalue weighted by atomic mass is 79.9. The molecule has 0 aliphatic carbocycles. The van der Waals surface area contributed by atoms with Crippen molar-refractivity contribution in [3.05, 3.63) is 236 Å². The summed E-state index contributed by atoms with van der Waals surface area (Å²) < 4.78 is 180. The number of nitrogens with zero attached hydrogens (tertiary/aromatic N) is 10. The molecule has 0 bridgehead atoms. The van der Waals surface area contributed by atoms with Crippen molar-refractivity contribution in [3.8, 4) is 57.5 Å². The second-order valence-corrected chi connectivity index (χ2v) is 47.1. The van der Waals surface area contributed by atoms with E-state index in [-0.39, 0.29) is 94.9 Å². The number of hydrogen-bond donors (Lipinski definition) is 0. The van der Waals surface area contributed by atoms with Crippen LogP contribution in [0.1, 0.15) is 92.7 Å². The van der Waals surface area contributed by atoms with Gasteiger partial charge in [-0.25, -0.2) is 24.0 Å². The Hall–Kier alpha value is -12.0. The third-order valence-corrected chi connectivity index (χ3v) is 31.1. The monoisotopic (exact) mass is 2330 g/mol. The van der Waals surface area contributed by atoms with E-state index in [2.05, 4.69) is 110 Å². The fourth-order valence-electron chi connectivity index (χ4n) is 16.2. The molecule has 5 aliphatic rings. The number of urea groups is 5. The predicted octanol–water partition coefficient (Wildman–Crippen LogP) is 20.9. The van der Waals surface area contributed by atoms with E-state index in [0.717, 1.165) is 41.4 Å². The minimum absolute atomic E-state index is 0.00000425. The Bertz CT molecular complexity index is 6670. The number of rotatable bonds is 37. The number of halogens is 4. The molecule has 0 aromatic heterocycles. The van der Waals surface area contributed by atoms with Gasteiger partial charge in [0.1, 0.15) is 59.0 Å². The number of benzene rings is 10. The molecule has 35 nitrogen and oxygen atoms in total. The van der Waals surface area contributed by atoms with E-state index in [1.165, 1.54) is 133 Å². The van der Waals surface area contributed by atoms with Gasteiger partial charge in [-0.3, -0.25) is 24.5 Å². The number of ether oxygens (including phenoxy) is 5. The number of aryl methyl sites for hydroxylation is 2. The zero-order valence-corrected chi connectivity index (χ0v) is 94.0. The Kier molecular flexibility index (Phi) is 40.2. The summed E-state index contributed by atoms with van der Waals surface area (Å²) in [7, 11) is -12.8. The second-order valence-electron chi connectivity index (χ2n) is 36.3. The molecule has 10 aromatic carbocycles. The zero-order chi connectivity index (χ0) is 107. The van der Waals surface area contributed by atoms with E-state index in [0.29, 0.717) is 175 Å². The molecule has 0 saturated carbocycles. The molecule has 0 unspecified atom stereocenters. The van der Waals surface area contributed by atoms with E-state index < -0.39 is 50.6 Å². The Morgan fingerprint density at radius 1 is 0.299 bits per heavy atom. The van der Waals surface area contributed by atoms with Crippen LogP contribution in [0.15, 0.2) is 244 Å². The van der Waals surface area contributed by atoms with Crippen LogP contribution in [0.2, 0.25) is 5.02 Å². The summed E-state index contributed by atoms with van der Waals surface area (Å²) in [5.41, 5.74) is 4.98. The molecule has 0 N–H and O–H groups in total. The Morgan fingerprint density at radius 2 is 0.578 bits per heavy atom. The molecule has 5 fully saturated rings. The number of unbranched alkanes of at least 4 members (excludes halogenated alkanes) is 2. The van der Waals surface area contributed by atoms with Gasteiger partial charge in [-0.2, -0.15) is 42.1 Å². The van der Waals surface area contributed by atoms with Gasteiger partial charge in [0.2, 0.25) is 5.75 Å². The largest absolute Gasteiger partial charge is 0.497 e. The predicted molar refractivity (Wildman–Crippen MR) is 574 cm³/mol. The molecule has 0 spiro atoms. The van der Waals surface area contributed by atoms with Gasteiger partial charge in [-0.1, -0.05) is 109 Å². The number of anilines is 5. The lowest BCUT2D eigenvalue weighted by Gasteiger charge is -2.20. The quantitative estimate of drug-likeness (QED) is 0.0258. The molecular weight excluding hydrogens is 2210 g/mol. The molecule has 44 heteroatoms. The van der Waals surface area contributed by atoms with Crippen LogP contribution in [0.4, 0.5) is 52.4 Å². The maximum absolute atomic E-state index is 12.8. The van der Waals surface area contributed by atoms with Crippen LogP contribution in [-0.4, -0.2) is 230 Å². The summed E-state index contributed by atoms with van der Waals surface area (Å²) in [6.45, 7) is 32.1. The Labute approximate surface area is 891 Å². The van der Waals surface area contributed by atoms with Crippen molar-refractivity contribution in [3.63, 3.8) is 0 Å². The van der Waals surface area contributed by atoms with Crippen LogP contribution >= 0.6 is 59.4 Å². The van der Waals surface area contributed by atoms with Crippen molar-refractivity contribution < 1.29 is 111 Å². The highest BCUT2D eigenvalue weighted by Gasteiger charge is 2.37. The number of amides is 10. The lowest BCUT2D eigenvalue weighted by molar-refractivity contribution is 0.214.